The monoisotopic (exact) mass is 458 g/mol. The SMILES string of the molecule is O=C(CSc1nnc(-c2ccc(Cl)cc2)n1Cc1ccco1)Nc1ccc(Cl)cc1. The first-order valence-corrected chi connectivity index (χ1v) is 10.7. The molecule has 1 N–H and O–H groups in total. The van der Waals surface area contributed by atoms with Crippen molar-refractivity contribution < 1.29 is 9.21 Å². The van der Waals surface area contributed by atoms with Crippen LogP contribution in [0.3, 0.4) is 0 Å². The van der Waals surface area contributed by atoms with Gasteiger partial charge in [-0.15, -0.1) is 10.2 Å². The molecule has 2 aromatic heterocycles. The predicted molar refractivity (Wildman–Crippen MR) is 119 cm³/mol. The van der Waals surface area contributed by atoms with Crippen molar-refractivity contribution in [1.82, 2.24) is 14.8 Å². The van der Waals surface area contributed by atoms with E-state index in [1.165, 1.54) is 11.8 Å². The number of benzene rings is 2. The lowest BCUT2D eigenvalue weighted by atomic mass is 10.2. The third-order valence-electron chi connectivity index (χ3n) is 4.17. The van der Waals surface area contributed by atoms with Gasteiger partial charge in [-0.05, 0) is 60.7 Å². The van der Waals surface area contributed by atoms with Crippen LogP contribution in [0.2, 0.25) is 10.0 Å². The van der Waals surface area contributed by atoms with E-state index in [0.717, 1.165) is 11.3 Å². The average Bonchev–Trinajstić information content (AvgIpc) is 3.39. The number of amides is 1. The first-order chi connectivity index (χ1) is 14.6. The van der Waals surface area contributed by atoms with Gasteiger partial charge in [0.05, 0.1) is 18.6 Å². The lowest BCUT2D eigenvalue weighted by Crippen LogP contribution is -2.14. The summed E-state index contributed by atoms with van der Waals surface area (Å²) in [6.45, 7) is 0.444. The molecule has 2 aromatic carbocycles. The van der Waals surface area contributed by atoms with Crippen molar-refractivity contribution in [3.05, 3.63) is 82.7 Å². The summed E-state index contributed by atoms with van der Waals surface area (Å²) in [5, 5.41) is 13.3. The first kappa shape index (κ1) is 20.5. The minimum absolute atomic E-state index is 0.150. The van der Waals surface area contributed by atoms with Crippen molar-refractivity contribution >= 4 is 46.6 Å². The van der Waals surface area contributed by atoms with E-state index in [9.17, 15) is 4.79 Å². The summed E-state index contributed by atoms with van der Waals surface area (Å²) in [5.74, 6) is 1.46. The molecule has 0 saturated carbocycles. The van der Waals surface area contributed by atoms with Gasteiger partial charge in [-0.2, -0.15) is 0 Å². The lowest BCUT2D eigenvalue weighted by molar-refractivity contribution is -0.113. The van der Waals surface area contributed by atoms with E-state index in [1.807, 2.05) is 28.8 Å². The van der Waals surface area contributed by atoms with Gasteiger partial charge in [-0.25, -0.2) is 0 Å². The molecule has 6 nitrogen and oxygen atoms in total. The van der Waals surface area contributed by atoms with E-state index < -0.39 is 0 Å². The summed E-state index contributed by atoms with van der Waals surface area (Å²) in [4.78, 5) is 12.4. The van der Waals surface area contributed by atoms with Crippen LogP contribution in [-0.2, 0) is 11.3 Å². The summed E-state index contributed by atoms with van der Waals surface area (Å²) in [6, 6.07) is 18.0. The van der Waals surface area contributed by atoms with Crippen LogP contribution in [0.15, 0.2) is 76.5 Å². The minimum atomic E-state index is -0.150. The molecular weight excluding hydrogens is 443 g/mol. The zero-order valence-corrected chi connectivity index (χ0v) is 17.9. The Labute approximate surface area is 187 Å². The van der Waals surface area contributed by atoms with Crippen molar-refractivity contribution in [3.63, 3.8) is 0 Å². The van der Waals surface area contributed by atoms with Crippen LogP contribution in [0.25, 0.3) is 11.4 Å². The summed E-state index contributed by atoms with van der Waals surface area (Å²) >= 11 is 13.2. The minimum Gasteiger partial charge on any atom is -0.467 e. The zero-order valence-electron chi connectivity index (χ0n) is 15.6. The van der Waals surface area contributed by atoms with Crippen LogP contribution >= 0.6 is 35.0 Å². The molecule has 1 amide bonds. The average molecular weight is 459 g/mol. The highest BCUT2D eigenvalue weighted by Crippen LogP contribution is 2.26. The molecule has 0 saturated heterocycles. The standard InChI is InChI=1S/C21H16Cl2N4O2S/c22-15-5-3-14(4-6-15)20-25-26-21(27(20)12-18-2-1-11-29-18)30-13-19(28)24-17-9-7-16(23)8-10-17/h1-11H,12-13H2,(H,24,28). The number of nitrogens with zero attached hydrogens (tertiary/aromatic N) is 3. The van der Waals surface area contributed by atoms with E-state index in [-0.39, 0.29) is 11.7 Å². The van der Waals surface area contributed by atoms with Gasteiger partial charge in [-0.3, -0.25) is 9.36 Å². The van der Waals surface area contributed by atoms with Crippen LogP contribution in [0, 0.1) is 0 Å². The molecule has 0 bridgehead atoms. The van der Waals surface area contributed by atoms with Gasteiger partial charge >= 0.3 is 0 Å². The van der Waals surface area contributed by atoms with E-state index in [1.54, 1.807) is 42.7 Å². The number of nitrogens with one attached hydrogen (secondary N) is 1. The van der Waals surface area contributed by atoms with Crippen molar-refractivity contribution in [2.75, 3.05) is 11.1 Å². The molecule has 0 atom stereocenters. The third kappa shape index (κ3) is 5.05. The maximum atomic E-state index is 12.4. The molecule has 0 spiro atoms. The number of furan rings is 1. The highest BCUT2D eigenvalue weighted by Gasteiger charge is 2.17. The Balaban J connectivity index is 1.52. The Morgan fingerprint density at radius 1 is 1.00 bits per heavy atom. The molecule has 2 heterocycles. The largest absolute Gasteiger partial charge is 0.467 e. The second-order valence-electron chi connectivity index (χ2n) is 6.32. The highest BCUT2D eigenvalue weighted by atomic mass is 35.5. The Hall–Kier alpha value is -2.74. The number of thioether (sulfide) groups is 1. The molecule has 30 heavy (non-hydrogen) atoms. The van der Waals surface area contributed by atoms with Crippen LogP contribution in [0.5, 0.6) is 0 Å². The predicted octanol–water partition coefficient (Wildman–Crippen LogP) is 5.62. The molecule has 4 rings (SSSR count). The molecule has 0 unspecified atom stereocenters. The maximum absolute atomic E-state index is 12.4. The van der Waals surface area contributed by atoms with Gasteiger partial charge in [0.25, 0.3) is 0 Å². The van der Waals surface area contributed by atoms with Crippen molar-refractivity contribution in [3.8, 4) is 11.4 Å². The first-order valence-electron chi connectivity index (χ1n) is 8.98. The number of anilines is 1. The lowest BCUT2D eigenvalue weighted by Gasteiger charge is -2.09. The van der Waals surface area contributed by atoms with Gasteiger partial charge in [0, 0.05) is 21.3 Å². The quantitative estimate of drug-likeness (QED) is 0.363. The number of carbonyl (C=O) groups excluding carboxylic acids is 1. The van der Waals surface area contributed by atoms with Gasteiger partial charge in [0.15, 0.2) is 11.0 Å². The van der Waals surface area contributed by atoms with Crippen molar-refractivity contribution in [1.29, 1.82) is 0 Å². The number of halogens is 2. The zero-order chi connectivity index (χ0) is 20.9. The fourth-order valence-electron chi connectivity index (χ4n) is 2.77. The second-order valence-corrected chi connectivity index (χ2v) is 8.14. The summed E-state index contributed by atoms with van der Waals surface area (Å²) in [6.07, 6.45) is 1.62. The number of hydrogen-bond donors (Lipinski definition) is 1. The number of carbonyl (C=O) groups is 1. The molecule has 0 aliphatic heterocycles. The summed E-state index contributed by atoms with van der Waals surface area (Å²) < 4.78 is 7.41. The van der Waals surface area contributed by atoms with Gasteiger partial charge in [-0.1, -0.05) is 35.0 Å². The molecule has 4 aromatic rings. The molecule has 0 aliphatic rings. The smallest absolute Gasteiger partial charge is 0.234 e. The van der Waals surface area contributed by atoms with Crippen LogP contribution in [0.4, 0.5) is 5.69 Å². The Morgan fingerprint density at radius 3 is 2.37 bits per heavy atom. The molecular formula is C21H16Cl2N4O2S. The maximum Gasteiger partial charge on any atom is 0.234 e. The fraction of sp³-hybridized carbons (Fsp3) is 0.0952. The van der Waals surface area contributed by atoms with E-state index in [0.29, 0.717) is 33.3 Å². The number of aromatic nitrogens is 3. The third-order valence-corrected chi connectivity index (χ3v) is 5.64. The van der Waals surface area contributed by atoms with E-state index in [2.05, 4.69) is 15.5 Å². The van der Waals surface area contributed by atoms with Crippen molar-refractivity contribution in [2.45, 2.75) is 11.7 Å². The molecule has 0 fully saturated rings. The van der Waals surface area contributed by atoms with Crippen LogP contribution in [-0.4, -0.2) is 26.4 Å². The topological polar surface area (TPSA) is 73.0 Å². The number of hydrogen-bond acceptors (Lipinski definition) is 5. The normalized spacial score (nSPS) is 10.9. The summed E-state index contributed by atoms with van der Waals surface area (Å²) in [7, 11) is 0. The van der Waals surface area contributed by atoms with Gasteiger partial charge < -0.3 is 9.73 Å². The van der Waals surface area contributed by atoms with Crippen LogP contribution in [0.1, 0.15) is 5.76 Å². The van der Waals surface area contributed by atoms with Gasteiger partial charge in [0.1, 0.15) is 5.76 Å². The fourth-order valence-corrected chi connectivity index (χ4v) is 3.76. The number of rotatable bonds is 7. The van der Waals surface area contributed by atoms with Crippen molar-refractivity contribution in [2.24, 2.45) is 0 Å². The van der Waals surface area contributed by atoms with Gasteiger partial charge in [0.2, 0.25) is 5.91 Å². The van der Waals surface area contributed by atoms with E-state index in [4.69, 9.17) is 27.6 Å². The van der Waals surface area contributed by atoms with E-state index >= 15 is 0 Å². The highest BCUT2D eigenvalue weighted by molar-refractivity contribution is 7.99. The molecule has 0 radical (unpaired) electrons. The van der Waals surface area contributed by atoms with Crippen LogP contribution < -0.4 is 5.32 Å². The Bertz CT molecular complexity index is 1130. The Kier molecular flexibility index (Phi) is 6.42. The second kappa shape index (κ2) is 9.38. The molecule has 0 aliphatic carbocycles. The molecule has 9 heteroatoms. The summed E-state index contributed by atoms with van der Waals surface area (Å²) in [5.41, 5.74) is 1.56. The molecule has 152 valence electrons. The Morgan fingerprint density at radius 2 is 1.70 bits per heavy atom.